The van der Waals surface area contributed by atoms with E-state index in [9.17, 15) is 13.9 Å². The molecule has 0 bridgehead atoms. The van der Waals surface area contributed by atoms with E-state index in [1.807, 2.05) is 0 Å². The first kappa shape index (κ1) is 31.8. The molecule has 10 heteroatoms. The van der Waals surface area contributed by atoms with Gasteiger partial charge in [-0.3, -0.25) is 0 Å². The second-order valence-corrected chi connectivity index (χ2v) is 9.29. The third kappa shape index (κ3) is 7.86. The minimum atomic E-state index is -0.403. The van der Waals surface area contributed by atoms with Crippen LogP contribution in [0.5, 0.6) is 11.5 Å². The molecule has 0 atom stereocenters. The summed E-state index contributed by atoms with van der Waals surface area (Å²) in [5, 5.41) is 10.7. The fourth-order valence-corrected chi connectivity index (χ4v) is 4.10. The monoisotopic (exact) mass is 679 g/mol. The number of methoxy groups -OCH3 is 1. The number of ether oxygens (including phenoxy) is 1. The minimum Gasteiger partial charge on any atom is -1.51 e. The Labute approximate surface area is 236 Å². The minimum absolute atomic E-state index is 0. The lowest BCUT2D eigenvalue weighted by atomic mass is 10.0. The second-order valence-electron chi connectivity index (χ2n) is 6.71. The lowest BCUT2D eigenvalue weighted by molar-refractivity contribution is 0.416. The van der Waals surface area contributed by atoms with E-state index in [1.54, 1.807) is 66.7 Å². The van der Waals surface area contributed by atoms with Crippen molar-refractivity contribution in [3.63, 3.8) is 0 Å². The molecule has 0 saturated carbocycles. The van der Waals surface area contributed by atoms with E-state index in [0.717, 1.165) is 0 Å². The van der Waals surface area contributed by atoms with Crippen molar-refractivity contribution in [2.75, 3.05) is 7.11 Å². The predicted octanol–water partition coefficient (Wildman–Crippen LogP) is 10.5. The number of rotatable bonds is 3. The van der Waals surface area contributed by atoms with Gasteiger partial charge in [-0.1, -0.05) is 47.5 Å². The van der Waals surface area contributed by atoms with E-state index in [0.29, 0.717) is 47.0 Å². The molecule has 0 heterocycles. The van der Waals surface area contributed by atoms with Crippen molar-refractivity contribution in [3.8, 4) is 33.8 Å². The molecule has 0 spiro atoms. The van der Waals surface area contributed by atoms with Gasteiger partial charge in [0.25, 0.3) is 0 Å². The number of halogens is 6. The standard InChI is InChI=1S/C13H9BrClFO.C12H7BrClFO.H2P.HP/c1-17-12-7-8(15)5-6-9(12)10-3-2-4-11(14)13(10)16;13-10-3-1-2-9(12(10)15)8-5-4-7(14)6-11(8)16;;/h2-7H,1H3;1-6,16H;1H2;1H/q;;-1;-2. The van der Waals surface area contributed by atoms with E-state index < -0.39 is 5.82 Å². The van der Waals surface area contributed by atoms with Gasteiger partial charge in [-0.25, -0.2) is 8.78 Å². The zero-order chi connectivity index (χ0) is 24.1. The van der Waals surface area contributed by atoms with Gasteiger partial charge >= 0.3 is 0 Å². The highest BCUT2D eigenvalue weighted by molar-refractivity contribution is 9.10. The highest BCUT2D eigenvalue weighted by Gasteiger charge is 2.13. The van der Waals surface area contributed by atoms with Crippen molar-refractivity contribution in [1.82, 2.24) is 0 Å². The fourth-order valence-electron chi connectivity index (χ4n) is 3.04. The summed E-state index contributed by atoms with van der Waals surface area (Å²) in [4.78, 5) is 0. The molecule has 186 valence electrons. The first-order valence-corrected chi connectivity index (χ1v) is 11.8. The average molecular weight is 682 g/mol. The molecule has 1 N–H and O–H groups in total. The average Bonchev–Trinajstić information content (AvgIpc) is 2.78. The van der Waals surface area contributed by atoms with Gasteiger partial charge in [-0.2, -0.15) is 0 Å². The SMILES string of the molecule is COc1cc(Cl)ccc1-c1cccc(Br)c1F.Oc1cc(Cl)ccc1-c1cccc(Br)c1F.[PH-2].[PH2-]. The summed E-state index contributed by atoms with van der Waals surface area (Å²) in [7, 11) is 1.53. The van der Waals surface area contributed by atoms with Gasteiger partial charge in [0.15, 0.2) is 0 Å². The Kier molecular flexibility index (Phi) is 13.1. The Morgan fingerprint density at radius 2 is 1.17 bits per heavy atom. The van der Waals surface area contributed by atoms with Crippen molar-refractivity contribution in [2.24, 2.45) is 0 Å². The molecule has 4 aromatic carbocycles. The molecule has 0 radical (unpaired) electrons. The Morgan fingerprint density at radius 1 is 0.714 bits per heavy atom. The lowest BCUT2D eigenvalue weighted by Gasteiger charge is -2.10. The predicted molar refractivity (Wildman–Crippen MR) is 155 cm³/mol. The normalized spacial score (nSPS) is 9.80. The van der Waals surface area contributed by atoms with Crippen molar-refractivity contribution in [3.05, 3.63) is 103 Å². The van der Waals surface area contributed by atoms with E-state index in [-0.39, 0.29) is 31.4 Å². The van der Waals surface area contributed by atoms with Gasteiger partial charge in [-0.15, -0.1) is 0 Å². The van der Waals surface area contributed by atoms with Gasteiger partial charge in [0, 0.05) is 32.3 Å². The molecule has 0 fully saturated rings. The molecular weight excluding hydrogens is 663 g/mol. The molecule has 0 amide bonds. The van der Waals surface area contributed by atoms with E-state index in [2.05, 4.69) is 31.9 Å². The smallest absolute Gasteiger partial charge is 0.145 e. The Bertz CT molecular complexity index is 1310. The molecule has 0 aliphatic rings. The van der Waals surface area contributed by atoms with Crippen LogP contribution in [0, 0.1) is 11.6 Å². The van der Waals surface area contributed by atoms with Gasteiger partial charge in [0.1, 0.15) is 23.1 Å². The summed E-state index contributed by atoms with van der Waals surface area (Å²) in [6, 6.07) is 19.7. The number of phenols is 1. The Hall–Kier alpha value is -1.26. The maximum Gasteiger partial charge on any atom is 0.145 e. The van der Waals surface area contributed by atoms with Gasteiger partial charge in [-0.05, 0) is 80.4 Å². The number of aromatic hydroxyl groups is 1. The van der Waals surface area contributed by atoms with Crippen LogP contribution < -0.4 is 4.74 Å². The molecule has 4 rings (SSSR count). The number of hydrogen-bond acceptors (Lipinski definition) is 2. The molecule has 35 heavy (non-hydrogen) atoms. The van der Waals surface area contributed by atoms with Crippen LogP contribution in [-0.2, 0) is 0 Å². The Morgan fingerprint density at radius 3 is 1.66 bits per heavy atom. The van der Waals surface area contributed by atoms with E-state index in [4.69, 9.17) is 27.9 Å². The highest BCUT2D eigenvalue weighted by Crippen LogP contribution is 2.36. The van der Waals surface area contributed by atoms with Crippen molar-refractivity contribution < 1.29 is 18.6 Å². The number of phenolic OH excluding ortho intramolecular Hbond substituents is 1. The molecule has 2 nitrogen and oxygen atoms in total. The number of benzene rings is 4. The second kappa shape index (κ2) is 14.5. The summed E-state index contributed by atoms with van der Waals surface area (Å²) in [5.74, 6) is -0.202. The van der Waals surface area contributed by atoms with Crippen molar-refractivity contribution in [1.29, 1.82) is 0 Å². The summed E-state index contributed by atoms with van der Waals surface area (Å²) in [6.07, 6.45) is 0. The Balaban J connectivity index is 0.000000332. The third-order valence-corrected chi connectivity index (χ3v) is 6.30. The van der Waals surface area contributed by atoms with Crippen molar-refractivity contribution >= 4 is 74.9 Å². The van der Waals surface area contributed by atoms with Crippen LogP contribution in [0.4, 0.5) is 8.78 Å². The summed E-state index contributed by atoms with van der Waals surface area (Å²) < 4.78 is 33.7. The van der Waals surface area contributed by atoms with Crippen molar-refractivity contribution in [2.45, 2.75) is 0 Å². The lowest BCUT2D eigenvalue weighted by Crippen LogP contribution is -1.91. The molecule has 0 saturated heterocycles. The highest BCUT2D eigenvalue weighted by atomic mass is 79.9. The molecule has 0 aromatic heterocycles. The zero-order valence-corrected chi connectivity index (χ0v) is 25.0. The number of hydrogen-bond donors (Lipinski definition) is 1. The van der Waals surface area contributed by atoms with Gasteiger partial charge in [0.2, 0.25) is 0 Å². The van der Waals surface area contributed by atoms with E-state index in [1.165, 1.54) is 13.2 Å². The molecule has 0 aliphatic carbocycles. The first-order chi connectivity index (χ1) is 15.7. The van der Waals surface area contributed by atoms with Gasteiger partial charge < -0.3 is 29.6 Å². The van der Waals surface area contributed by atoms with Gasteiger partial charge in [0.05, 0.1) is 16.1 Å². The maximum absolute atomic E-state index is 14.0. The van der Waals surface area contributed by atoms with Crippen LogP contribution in [0.3, 0.4) is 0 Å². The van der Waals surface area contributed by atoms with Crippen LogP contribution in [0.25, 0.3) is 22.3 Å². The van der Waals surface area contributed by atoms with Crippen LogP contribution in [0.1, 0.15) is 0 Å². The van der Waals surface area contributed by atoms with Crippen LogP contribution in [0.2, 0.25) is 10.0 Å². The third-order valence-electron chi connectivity index (χ3n) is 4.61. The fraction of sp³-hybridized carbons (Fsp3) is 0.0400. The topological polar surface area (TPSA) is 29.5 Å². The summed E-state index contributed by atoms with van der Waals surface area (Å²) in [5.41, 5.74) is 1.91. The molecule has 0 unspecified atom stereocenters. The first-order valence-electron chi connectivity index (χ1n) is 9.43. The summed E-state index contributed by atoms with van der Waals surface area (Å²) in [6.45, 7) is 0. The van der Waals surface area contributed by atoms with Crippen LogP contribution >= 0.6 is 74.9 Å². The van der Waals surface area contributed by atoms with Crippen LogP contribution in [0.15, 0.2) is 81.7 Å². The maximum atomic E-state index is 14.0. The van der Waals surface area contributed by atoms with E-state index >= 15 is 0 Å². The molecular formula is C25H19Br2Cl2F2O2P2-3. The quantitative estimate of drug-likeness (QED) is 0.218. The zero-order valence-electron chi connectivity index (χ0n) is 18.1. The molecule has 4 aromatic rings. The molecule has 0 aliphatic heterocycles. The van der Waals surface area contributed by atoms with Crippen LogP contribution in [-0.4, -0.2) is 12.2 Å². The summed E-state index contributed by atoms with van der Waals surface area (Å²) >= 11 is 17.8. The largest absolute Gasteiger partial charge is 1.51 e.